The van der Waals surface area contributed by atoms with Crippen molar-refractivity contribution in [3.8, 4) is 0 Å². The Balaban J connectivity index is 1.96. The van der Waals surface area contributed by atoms with E-state index in [4.69, 9.17) is 5.73 Å². The number of para-hydroxylation sites is 1. The van der Waals surface area contributed by atoms with Gasteiger partial charge in [-0.2, -0.15) is 0 Å². The number of carbonyl (C=O) groups excluding carboxylic acids is 1. The highest BCUT2D eigenvalue weighted by atomic mass is 19.1. The molecule has 1 aliphatic heterocycles. The van der Waals surface area contributed by atoms with Gasteiger partial charge in [-0.25, -0.2) is 4.39 Å². The molecule has 5 heteroatoms. The third kappa shape index (κ3) is 2.30. The van der Waals surface area contributed by atoms with Crippen LogP contribution in [-0.4, -0.2) is 5.91 Å². The summed E-state index contributed by atoms with van der Waals surface area (Å²) < 4.78 is 13.6. The minimum absolute atomic E-state index is 0.0147. The van der Waals surface area contributed by atoms with Gasteiger partial charge in [-0.15, -0.1) is 0 Å². The maximum atomic E-state index is 13.6. The molecule has 0 aromatic heterocycles. The van der Waals surface area contributed by atoms with Gasteiger partial charge in [-0.3, -0.25) is 4.79 Å². The second-order valence-electron chi connectivity index (χ2n) is 4.75. The number of halogens is 1. The fourth-order valence-corrected chi connectivity index (χ4v) is 2.26. The SMILES string of the molecule is Nc1cc2c(cc1Nc1ccccc1F)NC(=O)CC2. The van der Waals surface area contributed by atoms with Crippen molar-refractivity contribution in [1.29, 1.82) is 0 Å². The molecule has 3 rings (SSSR count). The molecule has 0 bridgehead atoms. The maximum Gasteiger partial charge on any atom is 0.224 e. The Morgan fingerprint density at radius 3 is 2.75 bits per heavy atom. The average Bonchev–Trinajstić information content (AvgIpc) is 2.42. The van der Waals surface area contributed by atoms with Crippen molar-refractivity contribution < 1.29 is 9.18 Å². The molecule has 0 spiro atoms. The van der Waals surface area contributed by atoms with Crippen molar-refractivity contribution >= 4 is 28.7 Å². The predicted molar refractivity (Wildman–Crippen MR) is 77.5 cm³/mol. The van der Waals surface area contributed by atoms with E-state index in [1.54, 1.807) is 24.3 Å². The number of aryl methyl sites for hydroxylation is 1. The Kier molecular flexibility index (Phi) is 3.02. The van der Waals surface area contributed by atoms with Gasteiger partial charge < -0.3 is 16.4 Å². The first-order chi connectivity index (χ1) is 9.63. The van der Waals surface area contributed by atoms with Crippen LogP contribution in [0.5, 0.6) is 0 Å². The van der Waals surface area contributed by atoms with E-state index in [1.165, 1.54) is 6.07 Å². The van der Waals surface area contributed by atoms with Gasteiger partial charge in [0.15, 0.2) is 0 Å². The summed E-state index contributed by atoms with van der Waals surface area (Å²) in [5.41, 5.74) is 9.17. The van der Waals surface area contributed by atoms with Crippen molar-refractivity contribution in [2.45, 2.75) is 12.8 Å². The molecule has 0 atom stereocenters. The van der Waals surface area contributed by atoms with Crippen LogP contribution in [0.2, 0.25) is 0 Å². The molecule has 20 heavy (non-hydrogen) atoms. The zero-order valence-electron chi connectivity index (χ0n) is 10.7. The first kappa shape index (κ1) is 12.5. The van der Waals surface area contributed by atoms with Crippen LogP contribution in [0.4, 0.5) is 27.1 Å². The lowest BCUT2D eigenvalue weighted by molar-refractivity contribution is -0.116. The molecule has 2 aromatic carbocycles. The number of hydrogen-bond acceptors (Lipinski definition) is 3. The molecule has 1 amide bonds. The van der Waals surface area contributed by atoms with Crippen LogP contribution < -0.4 is 16.4 Å². The minimum Gasteiger partial charge on any atom is -0.397 e. The predicted octanol–water partition coefficient (Wildman–Crippen LogP) is 3.04. The number of nitrogen functional groups attached to an aromatic ring is 1. The summed E-state index contributed by atoms with van der Waals surface area (Å²) >= 11 is 0. The Morgan fingerprint density at radius 2 is 1.95 bits per heavy atom. The van der Waals surface area contributed by atoms with Crippen LogP contribution in [-0.2, 0) is 11.2 Å². The summed E-state index contributed by atoms with van der Waals surface area (Å²) in [7, 11) is 0. The first-order valence-electron chi connectivity index (χ1n) is 6.37. The van der Waals surface area contributed by atoms with E-state index in [9.17, 15) is 9.18 Å². The molecule has 0 saturated heterocycles. The number of benzene rings is 2. The minimum atomic E-state index is -0.353. The highest BCUT2D eigenvalue weighted by molar-refractivity contribution is 5.96. The van der Waals surface area contributed by atoms with Gasteiger partial charge in [-0.1, -0.05) is 12.1 Å². The van der Waals surface area contributed by atoms with E-state index in [2.05, 4.69) is 10.6 Å². The van der Waals surface area contributed by atoms with Gasteiger partial charge >= 0.3 is 0 Å². The molecular formula is C15H14FN3O. The Bertz CT molecular complexity index is 685. The summed E-state index contributed by atoms with van der Waals surface area (Å²) in [6.45, 7) is 0. The van der Waals surface area contributed by atoms with Crippen LogP contribution in [0.25, 0.3) is 0 Å². The Labute approximate surface area is 115 Å². The van der Waals surface area contributed by atoms with Crippen LogP contribution in [0.3, 0.4) is 0 Å². The molecule has 0 fully saturated rings. The fraction of sp³-hybridized carbons (Fsp3) is 0.133. The lowest BCUT2D eigenvalue weighted by Gasteiger charge is -2.20. The summed E-state index contributed by atoms with van der Waals surface area (Å²) in [6.07, 6.45) is 1.14. The monoisotopic (exact) mass is 271 g/mol. The van der Waals surface area contributed by atoms with E-state index in [0.29, 0.717) is 29.9 Å². The van der Waals surface area contributed by atoms with Crippen molar-refractivity contribution in [1.82, 2.24) is 0 Å². The largest absolute Gasteiger partial charge is 0.397 e. The summed E-state index contributed by atoms with van der Waals surface area (Å²) in [5.74, 6) is -0.368. The zero-order valence-corrected chi connectivity index (χ0v) is 10.7. The second-order valence-corrected chi connectivity index (χ2v) is 4.75. The van der Waals surface area contributed by atoms with Gasteiger partial charge in [0.2, 0.25) is 5.91 Å². The number of hydrogen-bond donors (Lipinski definition) is 3. The third-order valence-electron chi connectivity index (χ3n) is 3.31. The fourth-order valence-electron chi connectivity index (χ4n) is 2.26. The van der Waals surface area contributed by atoms with Crippen LogP contribution in [0, 0.1) is 5.82 Å². The summed E-state index contributed by atoms with van der Waals surface area (Å²) in [4.78, 5) is 11.4. The second kappa shape index (κ2) is 4.85. The third-order valence-corrected chi connectivity index (χ3v) is 3.31. The van der Waals surface area contributed by atoms with E-state index in [1.807, 2.05) is 6.07 Å². The standard InChI is InChI=1S/C15H14FN3O/c16-10-3-1-2-4-12(10)18-14-8-13-9(7-11(14)17)5-6-15(20)19-13/h1-4,7-8,18H,5-6,17H2,(H,19,20). The number of amides is 1. The van der Waals surface area contributed by atoms with Gasteiger partial charge in [0.1, 0.15) is 5.82 Å². The molecule has 2 aromatic rings. The van der Waals surface area contributed by atoms with Crippen molar-refractivity contribution in [3.63, 3.8) is 0 Å². The quantitative estimate of drug-likeness (QED) is 0.735. The number of nitrogens with two attached hydrogens (primary N) is 1. The van der Waals surface area contributed by atoms with Gasteiger partial charge in [0.05, 0.1) is 17.1 Å². The van der Waals surface area contributed by atoms with Crippen molar-refractivity contribution in [2.75, 3.05) is 16.4 Å². The van der Waals surface area contributed by atoms with E-state index in [0.717, 1.165) is 11.3 Å². The normalized spacial score (nSPS) is 13.6. The Morgan fingerprint density at radius 1 is 1.15 bits per heavy atom. The molecule has 1 heterocycles. The van der Waals surface area contributed by atoms with Gasteiger partial charge in [0.25, 0.3) is 0 Å². The number of anilines is 4. The maximum absolute atomic E-state index is 13.6. The lowest BCUT2D eigenvalue weighted by Crippen LogP contribution is -2.19. The van der Waals surface area contributed by atoms with Crippen LogP contribution in [0.1, 0.15) is 12.0 Å². The van der Waals surface area contributed by atoms with Crippen molar-refractivity contribution in [3.05, 3.63) is 47.8 Å². The number of fused-ring (bicyclic) bond motifs is 1. The van der Waals surface area contributed by atoms with Gasteiger partial charge in [-0.05, 0) is 36.2 Å². The molecule has 4 N–H and O–H groups in total. The first-order valence-corrected chi connectivity index (χ1v) is 6.37. The van der Waals surface area contributed by atoms with E-state index < -0.39 is 0 Å². The zero-order chi connectivity index (χ0) is 14.1. The molecular weight excluding hydrogens is 257 g/mol. The lowest BCUT2D eigenvalue weighted by atomic mass is 10.0. The number of carbonyl (C=O) groups is 1. The van der Waals surface area contributed by atoms with Crippen LogP contribution in [0.15, 0.2) is 36.4 Å². The van der Waals surface area contributed by atoms with Crippen molar-refractivity contribution in [2.24, 2.45) is 0 Å². The molecule has 0 aliphatic carbocycles. The molecule has 0 unspecified atom stereocenters. The van der Waals surface area contributed by atoms with E-state index in [-0.39, 0.29) is 11.7 Å². The molecule has 102 valence electrons. The molecule has 0 radical (unpaired) electrons. The molecule has 1 aliphatic rings. The number of nitrogens with one attached hydrogen (secondary N) is 2. The molecule has 0 saturated carbocycles. The summed E-state index contributed by atoms with van der Waals surface area (Å²) in [5, 5.41) is 5.75. The smallest absolute Gasteiger partial charge is 0.224 e. The number of rotatable bonds is 2. The Hall–Kier alpha value is -2.56. The summed E-state index contributed by atoms with van der Waals surface area (Å²) in [6, 6.07) is 9.93. The molecule has 4 nitrogen and oxygen atoms in total. The van der Waals surface area contributed by atoms with Gasteiger partial charge in [0, 0.05) is 12.1 Å². The van der Waals surface area contributed by atoms with E-state index >= 15 is 0 Å². The highest BCUT2D eigenvalue weighted by Gasteiger charge is 2.17. The highest BCUT2D eigenvalue weighted by Crippen LogP contribution is 2.33. The topological polar surface area (TPSA) is 67.2 Å². The average molecular weight is 271 g/mol. The van der Waals surface area contributed by atoms with Crippen LogP contribution >= 0.6 is 0 Å².